The number of carboxylic acid groups (broad SMARTS) is 1. The van der Waals surface area contributed by atoms with Gasteiger partial charge in [-0.1, -0.05) is 12.5 Å². The van der Waals surface area contributed by atoms with Gasteiger partial charge in [-0.3, -0.25) is 4.79 Å². The Morgan fingerprint density at radius 2 is 1.91 bits per heavy atom. The maximum Gasteiger partial charge on any atom is 0.326 e. The summed E-state index contributed by atoms with van der Waals surface area (Å²) in [6, 6.07) is 1.01. The zero-order chi connectivity index (χ0) is 17.2. The first-order valence-electron chi connectivity index (χ1n) is 7.04. The highest BCUT2D eigenvalue weighted by atomic mass is 19.3. The van der Waals surface area contributed by atoms with Crippen molar-refractivity contribution in [3.05, 3.63) is 35.4 Å². The SMILES string of the molecule is O=C(O)C(CC(F)F)NC(=O)C1(c2ccc(F)cc2F)CCC1. The number of carboxylic acids is 1. The largest absolute Gasteiger partial charge is 0.480 e. The molecule has 23 heavy (non-hydrogen) atoms. The molecule has 2 N–H and O–H groups in total. The van der Waals surface area contributed by atoms with E-state index >= 15 is 0 Å². The quantitative estimate of drug-likeness (QED) is 0.787. The second-order valence-corrected chi connectivity index (χ2v) is 5.55. The van der Waals surface area contributed by atoms with Gasteiger partial charge < -0.3 is 10.4 Å². The molecule has 1 aliphatic rings. The van der Waals surface area contributed by atoms with E-state index in [2.05, 4.69) is 5.32 Å². The number of rotatable bonds is 6. The van der Waals surface area contributed by atoms with Crippen molar-refractivity contribution in [2.45, 2.75) is 43.6 Å². The Kier molecular flexibility index (Phi) is 4.91. The van der Waals surface area contributed by atoms with E-state index in [0.717, 1.165) is 12.1 Å². The number of nitrogens with one attached hydrogen (secondary N) is 1. The minimum atomic E-state index is -2.91. The molecule has 0 heterocycles. The lowest BCUT2D eigenvalue weighted by Gasteiger charge is -2.41. The summed E-state index contributed by atoms with van der Waals surface area (Å²) in [5.74, 6) is -4.14. The normalized spacial score (nSPS) is 17.4. The summed E-state index contributed by atoms with van der Waals surface area (Å²) in [5, 5.41) is 11.0. The summed E-state index contributed by atoms with van der Waals surface area (Å²) in [6.45, 7) is 0. The van der Waals surface area contributed by atoms with Gasteiger partial charge in [0.1, 0.15) is 17.7 Å². The van der Waals surface area contributed by atoms with Crippen LogP contribution in [0.4, 0.5) is 17.6 Å². The van der Waals surface area contributed by atoms with Gasteiger partial charge in [-0.25, -0.2) is 22.4 Å². The minimum Gasteiger partial charge on any atom is -0.480 e. The molecule has 0 radical (unpaired) electrons. The molecule has 0 aliphatic heterocycles. The van der Waals surface area contributed by atoms with E-state index in [1.54, 1.807) is 0 Å². The molecule has 1 atom stereocenters. The molecule has 1 aromatic rings. The summed E-state index contributed by atoms with van der Waals surface area (Å²) < 4.78 is 51.8. The van der Waals surface area contributed by atoms with Crippen LogP contribution >= 0.6 is 0 Å². The molecule has 1 unspecified atom stereocenters. The first-order valence-corrected chi connectivity index (χ1v) is 7.04. The molecule has 1 aliphatic carbocycles. The molecule has 4 nitrogen and oxygen atoms in total. The number of carbonyl (C=O) groups excluding carboxylic acids is 1. The van der Waals surface area contributed by atoms with Gasteiger partial charge in [0.15, 0.2) is 0 Å². The van der Waals surface area contributed by atoms with Gasteiger partial charge in [0.2, 0.25) is 12.3 Å². The summed E-state index contributed by atoms with van der Waals surface area (Å²) in [4.78, 5) is 23.4. The average Bonchev–Trinajstić information content (AvgIpc) is 2.38. The fourth-order valence-electron chi connectivity index (χ4n) is 2.72. The number of hydrogen-bond donors (Lipinski definition) is 2. The molecule has 1 aromatic carbocycles. The van der Waals surface area contributed by atoms with E-state index < -0.39 is 47.8 Å². The van der Waals surface area contributed by atoms with Crippen LogP contribution in [-0.2, 0) is 15.0 Å². The highest BCUT2D eigenvalue weighted by molar-refractivity contribution is 5.92. The molecule has 1 saturated carbocycles. The van der Waals surface area contributed by atoms with Crippen LogP contribution < -0.4 is 5.32 Å². The Labute approximate surface area is 129 Å². The van der Waals surface area contributed by atoms with Gasteiger partial charge in [-0.05, 0) is 18.9 Å². The van der Waals surface area contributed by atoms with Crippen molar-refractivity contribution < 1.29 is 32.3 Å². The number of halogens is 4. The van der Waals surface area contributed by atoms with Crippen LogP contribution in [0.5, 0.6) is 0 Å². The monoisotopic (exact) mass is 333 g/mol. The summed E-state index contributed by atoms with van der Waals surface area (Å²) in [5.41, 5.74) is -1.39. The Balaban J connectivity index is 2.25. The Bertz CT molecular complexity index is 617. The third-order valence-corrected chi connectivity index (χ3v) is 4.11. The molecule has 0 aromatic heterocycles. The Hall–Kier alpha value is -2.12. The van der Waals surface area contributed by atoms with Gasteiger partial charge in [-0.2, -0.15) is 0 Å². The van der Waals surface area contributed by atoms with Crippen molar-refractivity contribution in [3.8, 4) is 0 Å². The highest BCUT2D eigenvalue weighted by Gasteiger charge is 2.48. The molecular formula is C15H15F4NO3. The number of carbonyl (C=O) groups is 2. The molecular weight excluding hydrogens is 318 g/mol. The van der Waals surface area contributed by atoms with Crippen LogP contribution in [0.15, 0.2) is 18.2 Å². The standard InChI is InChI=1S/C15H15F4NO3/c16-8-2-3-9(10(17)6-8)15(4-1-5-15)14(23)20-11(13(21)22)7-12(18)19/h2-3,6,11-12H,1,4-5,7H2,(H,20,23)(H,21,22). The molecule has 126 valence electrons. The van der Waals surface area contributed by atoms with Crippen LogP contribution in [-0.4, -0.2) is 29.5 Å². The van der Waals surface area contributed by atoms with Crippen molar-refractivity contribution in [3.63, 3.8) is 0 Å². The van der Waals surface area contributed by atoms with E-state index in [0.29, 0.717) is 12.5 Å². The number of hydrogen-bond acceptors (Lipinski definition) is 2. The summed E-state index contributed by atoms with van der Waals surface area (Å²) >= 11 is 0. The van der Waals surface area contributed by atoms with Crippen LogP contribution in [0.25, 0.3) is 0 Å². The fraction of sp³-hybridized carbons (Fsp3) is 0.467. The van der Waals surface area contributed by atoms with Crippen LogP contribution in [0.2, 0.25) is 0 Å². The van der Waals surface area contributed by atoms with Crippen molar-refractivity contribution in [1.29, 1.82) is 0 Å². The first-order chi connectivity index (χ1) is 10.8. The second kappa shape index (κ2) is 6.55. The van der Waals surface area contributed by atoms with Crippen molar-refractivity contribution >= 4 is 11.9 Å². The Morgan fingerprint density at radius 3 is 2.35 bits per heavy atom. The topological polar surface area (TPSA) is 66.4 Å². The molecule has 8 heteroatoms. The predicted octanol–water partition coefficient (Wildman–Crippen LogP) is 2.61. The van der Waals surface area contributed by atoms with Gasteiger partial charge >= 0.3 is 5.97 Å². The lowest BCUT2D eigenvalue weighted by molar-refractivity contribution is -0.144. The second-order valence-electron chi connectivity index (χ2n) is 5.55. The zero-order valence-corrected chi connectivity index (χ0v) is 12.0. The van der Waals surface area contributed by atoms with Crippen molar-refractivity contribution in [2.24, 2.45) is 0 Å². The number of amides is 1. The van der Waals surface area contributed by atoms with Gasteiger partial charge in [0.05, 0.1) is 5.41 Å². The lowest BCUT2D eigenvalue weighted by Crippen LogP contribution is -2.54. The van der Waals surface area contributed by atoms with Crippen molar-refractivity contribution in [1.82, 2.24) is 5.32 Å². The maximum absolute atomic E-state index is 14.0. The molecule has 0 saturated heterocycles. The van der Waals surface area contributed by atoms with E-state index in [4.69, 9.17) is 5.11 Å². The molecule has 0 bridgehead atoms. The van der Waals surface area contributed by atoms with E-state index in [-0.39, 0.29) is 18.4 Å². The number of benzene rings is 1. The molecule has 1 fully saturated rings. The minimum absolute atomic E-state index is 0.0520. The lowest BCUT2D eigenvalue weighted by atomic mass is 9.63. The maximum atomic E-state index is 14.0. The van der Waals surface area contributed by atoms with Crippen LogP contribution in [0.3, 0.4) is 0 Å². The van der Waals surface area contributed by atoms with Crippen molar-refractivity contribution in [2.75, 3.05) is 0 Å². The van der Waals surface area contributed by atoms with Crippen LogP contribution in [0, 0.1) is 11.6 Å². The Morgan fingerprint density at radius 1 is 1.26 bits per heavy atom. The number of aliphatic carboxylic acids is 1. The predicted molar refractivity (Wildman–Crippen MR) is 72.1 cm³/mol. The number of alkyl halides is 2. The van der Waals surface area contributed by atoms with E-state index in [9.17, 15) is 27.2 Å². The zero-order valence-electron chi connectivity index (χ0n) is 12.0. The average molecular weight is 333 g/mol. The third kappa shape index (κ3) is 3.46. The summed E-state index contributed by atoms with van der Waals surface area (Å²) in [6.07, 6.45) is -2.87. The van der Waals surface area contributed by atoms with Crippen LogP contribution in [0.1, 0.15) is 31.2 Å². The van der Waals surface area contributed by atoms with Gasteiger partial charge in [-0.15, -0.1) is 0 Å². The van der Waals surface area contributed by atoms with Gasteiger partial charge in [0, 0.05) is 18.1 Å². The molecule has 1 amide bonds. The highest BCUT2D eigenvalue weighted by Crippen LogP contribution is 2.45. The van der Waals surface area contributed by atoms with Gasteiger partial charge in [0.25, 0.3) is 0 Å². The molecule has 0 spiro atoms. The van der Waals surface area contributed by atoms with E-state index in [1.165, 1.54) is 0 Å². The third-order valence-electron chi connectivity index (χ3n) is 4.11. The van der Waals surface area contributed by atoms with E-state index in [1.807, 2.05) is 0 Å². The first kappa shape index (κ1) is 17.2. The smallest absolute Gasteiger partial charge is 0.326 e. The molecule has 2 rings (SSSR count). The summed E-state index contributed by atoms with van der Waals surface area (Å²) in [7, 11) is 0. The fourth-order valence-corrected chi connectivity index (χ4v) is 2.72.